The molecule has 1 aromatic carbocycles. The van der Waals surface area contributed by atoms with Gasteiger partial charge in [0.25, 0.3) is 5.56 Å². The van der Waals surface area contributed by atoms with Crippen LogP contribution in [0.4, 0.5) is 0 Å². The van der Waals surface area contributed by atoms with Crippen molar-refractivity contribution in [2.75, 3.05) is 6.54 Å². The number of rotatable bonds is 2. The summed E-state index contributed by atoms with van der Waals surface area (Å²) < 4.78 is 1.49. The maximum absolute atomic E-state index is 13.2. The Labute approximate surface area is 139 Å². The Balaban J connectivity index is 1.78. The van der Waals surface area contributed by atoms with Crippen molar-refractivity contribution < 1.29 is 9.69 Å². The number of aromatic nitrogens is 2. The van der Waals surface area contributed by atoms with E-state index in [9.17, 15) is 9.59 Å². The second-order valence-electron chi connectivity index (χ2n) is 6.44. The second kappa shape index (κ2) is 5.76. The Hall–Kier alpha value is -2.66. The first-order valence-electron chi connectivity index (χ1n) is 8.29. The molecule has 5 heteroatoms. The zero-order chi connectivity index (χ0) is 16.7. The Morgan fingerprint density at radius 2 is 2.04 bits per heavy atom. The zero-order valence-corrected chi connectivity index (χ0v) is 13.6. The molecular weight excluding hydrogens is 302 g/mol. The van der Waals surface area contributed by atoms with Crippen LogP contribution in [0.15, 0.2) is 53.6 Å². The van der Waals surface area contributed by atoms with Crippen molar-refractivity contribution >= 4 is 16.8 Å². The van der Waals surface area contributed by atoms with Gasteiger partial charge in [0.05, 0.1) is 6.54 Å². The second-order valence-corrected chi connectivity index (χ2v) is 6.44. The number of carbonyl (C=O) groups is 1. The third kappa shape index (κ3) is 2.29. The number of likely N-dealkylation sites (tertiary alicyclic amines) is 1. The molecule has 1 amide bonds. The fourth-order valence-corrected chi connectivity index (χ4v) is 3.79. The van der Waals surface area contributed by atoms with Gasteiger partial charge in [-0.15, -0.1) is 0 Å². The van der Waals surface area contributed by atoms with E-state index in [1.54, 1.807) is 19.4 Å². The Morgan fingerprint density at radius 3 is 2.83 bits per heavy atom. The minimum Gasteiger partial charge on any atom is -0.357 e. The van der Waals surface area contributed by atoms with Crippen LogP contribution in [0.3, 0.4) is 0 Å². The molecule has 2 atom stereocenters. The largest absolute Gasteiger partial charge is 0.357 e. The number of carbonyl (C=O) groups excluding carboxylic acids is 1. The molecule has 0 radical (unpaired) electrons. The fourth-order valence-electron chi connectivity index (χ4n) is 3.79. The highest BCUT2D eigenvalue weighted by molar-refractivity contribution is 6.02. The maximum atomic E-state index is 13.2. The van der Waals surface area contributed by atoms with Crippen LogP contribution in [0.2, 0.25) is 0 Å². The highest BCUT2D eigenvalue weighted by Gasteiger charge is 2.37. The highest BCUT2D eigenvalue weighted by Crippen LogP contribution is 2.20. The van der Waals surface area contributed by atoms with Crippen LogP contribution in [-0.2, 0) is 7.05 Å². The molecule has 1 saturated heterocycles. The van der Waals surface area contributed by atoms with Gasteiger partial charge >= 0.3 is 5.91 Å². The van der Waals surface area contributed by atoms with E-state index in [1.165, 1.54) is 10.1 Å². The number of fused-ring (bicyclic) bond motifs is 1. The van der Waals surface area contributed by atoms with E-state index in [-0.39, 0.29) is 17.5 Å². The Morgan fingerprint density at radius 1 is 1.25 bits per heavy atom. The van der Waals surface area contributed by atoms with Crippen molar-refractivity contribution in [3.05, 3.63) is 70.3 Å². The van der Waals surface area contributed by atoms with E-state index < -0.39 is 0 Å². The van der Waals surface area contributed by atoms with Gasteiger partial charge in [-0.3, -0.25) is 9.69 Å². The number of nitrogens with one attached hydrogen (secondary N) is 2. The van der Waals surface area contributed by atoms with Gasteiger partial charge in [-0.25, -0.2) is 4.79 Å². The van der Waals surface area contributed by atoms with Crippen LogP contribution in [0.1, 0.15) is 34.8 Å². The van der Waals surface area contributed by atoms with Crippen LogP contribution in [0, 0.1) is 0 Å². The lowest BCUT2D eigenvalue weighted by molar-refractivity contribution is -0.833. The van der Waals surface area contributed by atoms with Crippen molar-refractivity contribution in [3.63, 3.8) is 0 Å². The molecule has 1 aliphatic rings. The van der Waals surface area contributed by atoms with Crippen LogP contribution in [-0.4, -0.2) is 22.0 Å². The first-order valence-corrected chi connectivity index (χ1v) is 8.29. The predicted molar refractivity (Wildman–Crippen MR) is 92.1 cm³/mol. The zero-order valence-electron chi connectivity index (χ0n) is 13.6. The lowest BCUT2D eigenvalue weighted by atomic mass is 10.0. The van der Waals surface area contributed by atoms with E-state index in [2.05, 4.69) is 17.1 Å². The summed E-state index contributed by atoms with van der Waals surface area (Å²) in [6.07, 6.45) is 5.43. The normalized spacial score (nSPS) is 20.5. The molecule has 2 N–H and O–H groups in total. The summed E-state index contributed by atoms with van der Waals surface area (Å²) in [5.41, 5.74) is 2.21. The average molecular weight is 322 g/mol. The summed E-state index contributed by atoms with van der Waals surface area (Å²) in [7, 11) is 1.69. The molecule has 0 bridgehead atoms. The molecule has 5 nitrogen and oxygen atoms in total. The molecule has 1 fully saturated rings. The third-order valence-corrected chi connectivity index (χ3v) is 4.99. The van der Waals surface area contributed by atoms with Crippen molar-refractivity contribution in [2.24, 2.45) is 7.05 Å². The van der Waals surface area contributed by atoms with E-state index in [4.69, 9.17) is 0 Å². The van der Waals surface area contributed by atoms with Gasteiger partial charge in [0.1, 0.15) is 17.1 Å². The number of nitrogens with zero attached hydrogens (tertiary/aromatic N) is 1. The first kappa shape index (κ1) is 14.9. The van der Waals surface area contributed by atoms with Gasteiger partial charge in [0.15, 0.2) is 0 Å². The number of aryl methyl sites for hydroxylation is 1. The van der Waals surface area contributed by atoms with Gasteiger partial charge in [0.2, 0.25) is 0 Å². The third-order valence-electron chi connectivity index (χ3n) is 4.99. The molecule has 3 aromatic rings. The van der Waals surface area contributed by atoms with Crippen LogP contribution in [0.5, 0.6) is 0 Å². The SMILES string of the molecule is Cn1cc(C(=O)[NH+]2CCCC2c2ccccc2)c2cc[nH]c2c1=O. The summed E-state index contributed by atoms with van der Waals surface area (Å²) in [6.45, 7) is 0.827. The average Bonchev–Trinajstić information content (AvgIpc) is 3.27. The fraction of sp³-hybridized carbons (Fsp3) is 0.263. The maximum Gasteiger partial charge on any atom is 0.346 e. The van der Waals surface area contributed by atoms with E-state index in [0.717, 1.165) is 24.3 Å². The minimum absolute atomic E-state index is 0.0709. The monoisotopic (exact) mass is 322 g/mol. The number of hydrogen-bond acceptors (Lipinski definition) is 2. The number of amides is 1. The van der Waals surface area contributed by atoms with E-state index in [1.807, 2.05) is 24.3 Å². The molecule has 2 aromatic heterocycles. The molecule has 0 saturated carbocycles. The number of hydrogen-bond donors (Lipinski definition) is 2. The topological polar surface area (TPSA) is 59.3 Å². The smallest absolute Gasteiger partial charge is 0.346 e. The summed E-state index contributed by atoms with van der Waals surface area (Å²) in [4.78, 5) is 29.3. The molecule has 4 rings (SSSR count). The number of pyridine rings is 1. The molecule has 0 aliphatic carbocycles. The summed E-state index contributed by atoms with van der Waals surface area (Å²) in [5, 5.41) is 0.717. The van der Waals surface area contributed by atoms with Crippen molar-refractivity contribution in [2.45, 2.75) is 18.9 Å². The summed E-state index contributed by atoms with van der Waals surface area (Å²) in [5.74, 6) is 0.0709. The molecule has 122 valence electrons. The standard InChI is InChI=1S/C19H19N3O2/c1-21-12-15(14-9-10-20-17(14)19(21)24)18(23)22-11-5-8-16(22)13-6-3-2-4-7-13/h2-4,6-7,9-10,12,16,20H,5,8,11H2,1H3/p+1. The highest BCUT2D eigenvalue weighted by atomic mass is 16.2. The molecule has 0 spiro atoms. The van der Waals surface area contributed by atoms with Gasteiger partial charge < -0.3 is 9.55 Å². The minimum atomic E-state index is -0.109. The quantitative estimate of drug-likeness (QED) is 0.750. The lowest BCUT2D eigenvalue weighted by Gasteiger charge is -2.20. The van der Waals surface area contributed by atoms with Crippen LogP contribution in [0.25, 0.3) is 10.9 Å². The molecule has 24 heavy (non-hydrogen) atoms. The van der Waals surface area contributed by atoms with E-state index >= 15 is 0 Å². The lowest BCUT2D eigenvalue weighted by Crippen LogP contribution is -3.13. The van der Waals surface area contributed by atoms with Crippen LogP contribution < -0.4 is 10.5 Å². The Kier molecular flexibility index (Phi) is 3.58. The molecule has 3 heterocycles. The van der Waals surface area contributed by atoms with Crippen molar-refractivity contribution in [1.82, 2.24) is 9.55 Å². The van der Waals surface area contributed by atoms with Gasteiger partial charge in [-0.1, -0.05) is 30.3 Å². The molecule has 2 unspecified atom stereocenters. The number of quaternary nitrogens is 1. The number of benzene rings is 1. The molecule has 1 aliphatic heterocycles. The van der Waals surface area contributed by atoms with Gasteiger partial charge in [-0.2, -0.15) is 0 Å². The Bertz CT molecular complexity index is 956. The van der Waals surface area contributed by atoms with Crippen molar-refractivity contribution in [3.8, 4) is 0 Å². The van der Waals surface area contributed by atoms with Gasteiger partial charge in [-0.05, 0) is 6.07 Å². The predicted octanol–water partition coefficient (Wildman–Crippen LogP) is 1.43. The number of H-pyrrole nitrogens is 1. The first-order chi connectivity index (χ1) is 11.7. The van der Waals surface area contributed by atoms with Crippen molar-refractivity contribution in [1.29, 1.82) is 0 Å². The molecular formula is C19H20N3O2+. The number of aromatic amines is 1. The summed E-state index contributed by atoms with van der Waals surface area (Å²) in [6, 6.07) is 12.2. The van der Waals surface area contributed by atoms with Crippen LogP contribution >= 0.6 is 0 Å². The van der Waals surface area contributed by atoms with E-state index in [0.29, 0.717) is 16.5 Å². The van der Waals surface area contributed by atoms with Gasteiger partial charge in [0, 0.05) is 43.2 Å². The summed E-state index contributed by atoms with van der Waals surface area (Å²) >= 11 is 0.